The van der Waals surface area contributed by atoms with Crippen molar-refractivity contribution in [3.63, 3.8) is 0 Å². The minimum Gasteiger partial charge on any atom is -0.494 e. The van der Waals surface area contributed by atoms with Crippen LogP contribution in [0.5, 0.6) is 11.5 Å². The molecule has 0 saturated heterocycles. The molecule has 0 saturated carbocycles. The molecule has 6 aromatic rings. The van der Waals surface area contributed by atoms with Crippen molar-refractivity contribution >= 4 is 57.4 Å². The molecular formula is C36H41N13O5. The lowest BCUT2D eigenvalue weighted by molar-refractivity contribution is 0.0991. The number of aryl methyl sites for hydroxylation is 2. The van der Waals surface area contributed by atoms with Crippen LogP contribution in [0.2, 0.25) is 0 Å². The first-order valence-corrected chi connectivity index (χ1v) is 17.0. The lowest BCUT2D eigenvalue weighted by Gasteiger charge is -2.12. The van der Waals surface area contributed by atoms with E-state index in [4.69, 9.17) is 31.7 Å². The van der Waals surface area contributed by atoms with Gasteiger partial charge in [0.15, 0.2) is 0 Å². The van der Waals surface area contributed by atoms with E-state index in [2.05, 4.69) is 25.8 Å². The summed E-state index contributed by atoms with van der Waals surface area (Å²) in [5.74, 6) is -0.144. The van der Waals surface area contributed by atoms with E-state index in [1.54, 1.807) is 57.6 Å². The molecule has 0 bridgehead atoms. The Labute approximate surface area is 309 Å². The molecule has 0 aliphatic rings. The first kappa shape index (κ1) is 36.7. The molecule has 0 fully saturated rings. The lowest BCUT2D eigenvalue weighted by Crippen LogP contribution is -2.20. The second kappa shape index (κ2) is 15.6. The normalized spacial score (nSPS) is 11.6. The summed E-state index contributed by atoms with van der Waals surface area (Å²) in [4.78, 5) is 47.2. The zero-order valence-corrected chi connectivity index (χ0v) is 30.2. The molecule has 6 rings (SSSR count). The number of imidazole rings is 2. The van der Waals surface area contributed by atoms with Crippen molar-refractivity contribution in [2.45, 2.75) is 40.0 Å². The van der Waals surface area contributed by atoms with Gasteiger partial charge in [0.2, 0.25) is 23.7 Å². The van der Waals surface area contributed by atoms with Crippen molar-refractivity contribution in [1.82, 2.24) is 38.7 Å². The van der Waals surface area contributed by atoms with Crippen LogP contribution in [0.4, 0.5) is 17.6 Å². The van der Waals surface area contributed by atoms with Crippen molar-refractivity contribution in [2.24, 2.45) is 11.5 Å². The SMILES string of the molecule is CCn1nc(C)cc1C(=O)Nc1nc2cc(C(N)=O)cc(OC)c2n1C/C=C/Cn1c(NC)nc2cc(C(N)=O)cc(OC/C=C/Cn3cc(N)cn3)c21. The number of allylic oxidation sites excluding steroid dienone is 3. The van der Waals surface area contributed by atoms with Gasteiger partial charge in [0.05, 0.1) is 42.3 Å². The molecule has 2 aromatic carbocycles. The van der Waals surface area contributed by atoms with E-state index in [-0.39, 0.29) is 30.2 Å². The van der Waals surface area contributed by atoms with Crippen LogP contribution < -0.4 is 37.3 Å². The van der Waals surface area contributed by atoms with Gasteiger partial charge < -0.3 is 41.1 Å². The Morgan fingerprint density at radius 1 is 0.852 bits per heavy atom. The fourth-order valence-electron chi connectivity index (χ4n) is 6.01. The number of hydrogen-bond donors (Lipinski definition) is 5. The van der Waals surface area contributed by atoms with Gasteiger partial charge in [0, 0.05) is 44.0 Å². The highest BCUT2D eigenvalue weighted by atomic mass is 16.5. The molecule has 0 aliphatic carbocycles. The maximum atomic E-state index is 13.5. The second-order valence-corrected chi connectivity index (χ2v) is 12.1. The predicted molar refractivity (Wildman–Crippen MR) is 204 cm³/mol. The zero-order valence-electron chi connectivity index (χ0n) is 30.2. The maximum Gasteiger partial charge on any atom is 0.276 e. The minimum absolute atomic E-state index is 0.198. The highest BCUT2D eigenvalue weighted by Gasteiger charge is 2.22. The molecule has 0 unspecified atom stereocenters. The third kappa shape index (κ3) is 7.57. The molecule has 8 N–H and O–H groups in total. The van der Waals surface area contributed by atoms with Gasteiger partial charge in [0.25, 0.3) is 5.91 Å². The topological polar surface area (TPSA) is 243 Å². The predicted octanol–water partition coefficient (Wildman–Crippen LogP) is 3.08. The largest absolute Gasteiger partial charge is 0.494 e. The van der Waals surface area contributed by atoms with Crippen molar-refractivity contribution < 1.29 is 23.9 Å². The Kier molecular flexibility index (Phi) is 10.6. The standard InChI is InChI=1S/C36H41N13O5/c1-5-49-27(14-21(2)45-49)34(52)44-36-43-25-15-22(32(38)50)17-28(53-4)30(25)48(36)12-7-6-11-47-31-26(42-35(47)40-3)16-23(33(39)51)18-29(31)54-13-9-8-10-46-20-24(37)19-41-46/h6-9,14-20H,5,10-13,37H2,1-4H3,(H2,38,50)(H2,39,51)(H,40,42)(H,43,44,52)/b7-6+,9-8+. The summed E-state index contributed by atoms with van der Waals surface area (Å²) in [5.41, 5.74) is 21.2. The number of nitrogen functional groups attached to an aromatic ring is 1. The average Bonchev–Trinajstić information content (AvgIpc) is 3.92. The molecule has 0 radical (unpaired) electrons. The number of hydrogen-bond acceptors (Lipinski definition) is 11. The zero-order chi connectivity index (χ0) is 38.5. The number of nitrogens with two attached hydrogens (primary N) is 3. The molecule has 280 valence electrons. The van der Waals surface area contributed by atoms with Crippen LogP contribution in [-0.2, 0) is 26.2 Å². The molecule has 0 spiro atoms. The van der Waals surface area contributed by atoms with Gasteiger partial charge in [-0.2, -0.15) is 10.2 Å². The van der Waals surface area contributed by atoms with Crippen LogP contribution in [0.25, 0.3) is 22.1 Å². The lowest BCUT2D eigenvalue weighted by atomic mass is 10.1. The number of amides is 3. The molecule has 18 heteroatoms. The van der Waals surface area contributed by atoms with Crippen molar-refractivity contribution in [3.05, 3.63) is 89.5 Å². The average molecular weight is 736 g/mol. The molecule has 18 nitrogen and oxygen atoms in total. The van der Waals surface area contributed by atoms with Crippen LogP contribution in [0, 0.1) is 6.92 Å². The summed E-state index contributed by atoms with van der Waals surface area (Å²) in [6.07, 6.45) is 10.8. The van der Waals surface area contributed by atoms with Gasteiger partial charge in [-0.1, -0.05) is 18.2 Å². The van der Waals surface area contributed by atoms with E-state index >= 15 is 0 Å². The van der Waals surface area contributed by atoms with Gasteiger partial charge in [-0.3, -0.25) is 29.1 Å². The van der Waals surface area contributed by atoms with Gasteiger partial charge in [-0.05, 0) is 50.3 Å². The number of nitrogens with zero attached hydrogens (tertiary/aromatic N) is 8. The number of carbonyl (C=O) groups excluding carboxylic acids is 3. The smallest absolute Gasteiger partial charge is 0.276 e. The molecule has 54 heavy (non-hydrogen) atoms. The van der Waals surface area contributed by atoms with Crippen molar-refractivity contribution in [1.29, 1.82) is 0 Å². The summed E-state index contributed by atoms with van der Waals surface area (Å²) < 4.78 is 18.8. The Hall–Kier alpha value is -7.11. The summed E-state index contributed by atoms with van der Waals surface area (Å²) in [6.45, 7) is 5.49. The summed E-state index contributed by atoms with van der Waals surface area (Å²) in [5, 5.41) is 14.6. The van der Waals surface area contributed by atoms with E-state index in [0.717, 1.165) is 0 Å². The number of anilines is 3. The summed E-state index contributed by atoms with van der Waals surface area (Å²) in [7, 11) is 3.22. The third-order valence-electron chi connectivity index (χ3n) is 8.48. The first-order chi connectivity index (χ1) is 26.0. The number of aromatic nitrogens is 8. The van der Waals surface area contributed by atoms with Gasteiger partial charge >= 0.3 is 0 Å². The van der Waals surface area contributed by atoms with Crippen LogP contribution in [0.15, 0.2) is 67.0 Å². The number of nitrogens with one attached hydrogen (secondary N) is 2. The van der Waals surface area contributed by atoms with Crippen LogP contribution in [0.1, 0.15) is 43.8 Å². The van der Waals surface area contributed by atoms with Crippen LogP contribution in [0.3, 0.4) is 0 Å². The second-order valence-electron chi connectivity index (χ2n) is 12.1. The van der Waals surface area contributed by atoms with Crippen LogP contribution in [-0.4, -0.2) is 77.1 Å². The Morgan fingerprint density at radius 3 is 2.06 bits per heavy atom. The number of primary amides is 2. The number of fused-ring (bicyclic) bond motifs is 2. The summed E-state index contributed by atoms with van der Waals surface area (Å²) in [6, 6.07) is 8.01. The first-order valence-electron chi connectivity index (χ1n) is 17.0. The molecule has 3 amide bonds. The molecular weight excluding hydrogens is 694 g/mol. The number of methoxy groups -OCH3 is 1. The van der Waals surface area contributed by atoms with E-state index in [1.807, 2.05) is 42.7 Å². The fraction of sp³-hybridized carbons (Fsp3) is 0.250. The van der Waals surface area contributed by atoms with Gasteiger partial charge in [-0.15, -0.1) is 0 Å². The summed E-state index contributed by atoms with van der Waals surface area (Å²) >= 11 is 0. The van der Waals surface area contributed by atoms with E-state index in [1.165, 1.54) is 13.2 Å². The monoisotopic (exact) mass is 735 g/mol. The van der Waals surface area contributed by atoms with Crippen LogP contribution >= 0.6 is 0 Å². The maximum absolute atomic E-state index is 13.5. The number of carbonyl (C=O) groups is 3. The number of ether oxygens (including phenoxy) is 2. The van der Waals surface area contributed by atoms with E-state index in [0.29, 0.717) is 76.2 Å². The van der Waals surface area contributed by atoms with Gasteiger partial charge in [-0.25, -0.2) is 9.97 Å². The van der Waals surface area contributed by atoms with Crippen molar-refractivity contribution in [3.8, 4) is 11.5 Å². The Bertz CT molecular complexity index is 2430. The minimum atomic E-state index is -0.646. The molecule has 4 aromatic heterocycles. The third-order valence-corrected chi connectivity index (χ3v) is 8.48. The Balaban J connectivity index is 1.31. The van der Waals surface area contributed by atoms with E-state index in [9.17, 15) is 14.4 Å². The Morgan fingerprint density at radius 2 is 1.46 bits per heavy atom. The quantitative estimate of drug-likeness (QED) is 0.0905. The number of benzene rings is 2. The number of rotatable bonds is 16. The molecule has 0 atom stereocenters. The highest BCUT2D eigenvalue weighted by Crippen LogP contribution is 2.32. The fourth-order valence-corrected chi connectivity index (χ4v) is 6.01. The molecule has 0 aliphatic heterocycles. The van der Waals surface area contributed by atoms with Gasteiger partial charge in [0.1, 0.15) is 34.8 Å². The highest BCUT2D eigenvalue weighted by molar-refractivity contribution is 6.04. The van der Waals surface area contributed by atoms with Crippen molar-refractivity contribution in [2.75, 3.05) is 37.1 Å². The molecule has 4 heterocycles. The van der Waals surface area contributed by atoms with E-state index < -0.39 is 17.7 Å².